The monoisotopic (exact) mass is 310 g/mol. The van der Waals surface area contributed by atoms with Gasteiger partial charge in [-0.3, -0.25) is 4.72 Å². The van der Waals surface area contributed by atoms with Crippen molar-refractivity contribution in [3.05, 3.63) is 48.3 Å². The van der Waals surface area contributed by atoms with Gasteiger partial charge in [-0.1, -0.05) is 12.1 Å². The minimum Gasteiger partial charge on any atom is -0.492 e. The highest BCUT2D eigenvalue weighted by atomic mass is 32.2. The van der Waals surface area contributed by atoms with Crippen LogP contribution in [0.15, 0.2) is 47.4 Å². The fourth-order valence-corrected chi connectivity index (χ4v) is 3.00. The van der Waals surface area contributed by atoms with Crippen LogP contribution in [0.5, 0.6) is 5.75 Å². The quantitative estimate of drug-likeness (QED) is 0.832. The summed E-state index contributed by atoms with van der Waals surface area (Å²) >= 11 is 0. The molecule has 0 aliphatic carbocycles. The Morgan fingerprint density at radius 3 is 2.62 bits per heavy atom. The van der Waals surface area contributed by atoms with E-state index in [1.165, 1.54) is 42.5 Å². The highest BCUT2D eigenvalue weighted by Gasteiger charge is 2.21. The van der Waals surface area contributed by atoms with Gasteiger partial charge in [-0.05, 0) is 37.3 Å². The third kappa shape index (κ3) is 3.43. The Morgan fingerprint density at radius 1 is 1.24 bits per heavy atom. The van der Waals surface area contributed by atoms with Crippen molar-refractivity contribution in [1.29, 1.82) is 0 Å². The summed E-state index contributed by atoms with van der Waals surface area (Å²) in [4.78, 5) is -0.132. The third-order valence-electron chi connectivity index (χ3n) is 2.68. The zero-order valence-electron chi connectivity index (χ0n) is 11.3. The van der Waals surface area contributed by atoms with Crippen LogP contribution in [0.4, 0.5) is 15.8 Å². The molecule has 0 saturated carbocycles. The van der Waals surface area contributed by atoms with E-state index in [1.54, 1.807) is 6.92 Å². The number of benzene rings is 2. The van der Waals surface area contributed by atoms with E-state index in [1.807, 2.05) is 0 Å². The lowest BCUT2D eigenvalue weighted by Gasteiger charge is -2.13. The summed E-state index contributed by atoms with van der Waals surface area (Å²) in [6.07, 6.45) is 0. The molecule has 0 aliphatic rings. The van der Waals surface area contributed by atoms with E-state index in [0.29, 0.717) is 6.61 Å². The van der Waals surface area contributed by atoms with Crippen molar-refractivity contribution in [3.8, 4) is 5.75 Å². The number of ether oxygens (including phenoxy) is 1. The van der Waals surface area contributed by atoms with Crippen molar-refractivity contribution < 1.29 is 17.5 Å². The molecule has 0 saturated heterocycles. The number of halogens is 1. The minimum absolute atomic E-state index is 0.132. The van der Waals surface area contributed by atoms with Crippen molar-refractivity contribution in [2.24, 2.45) is 0 Å². The molecule has 0 unspecified atom stereocenters. The molecule has 0 aliphatic heterocycles. The van der Waals surface area contributed by atoms with Gasteiger partial charge in [0.05, 0.1) is 12.3 Å². The first-order chi connectivity index (χ1) is 9.94. The van der Waals surface area contributed by atoms with Gasteiger partial charge in [0.1, 0.15) is 16.5 Å². The molecule has 0 fully saturated rings. The first kappa shape index (κ1) is 15.1. The number of rotatable bonds is 5. The minimum atomic E-state index is -4.01. The predicted molar refractivity (Wildman–Crippen MR) is 79.2 cm³/mol. The predicted octanol–water partition coefficient (Wildman–Crippen LogP) is 2.61. The van der Waals surface area contributed by atoms with Crippen molar-refractivity contribution >= 4 is 21.4 Å². The molecule has 3 N–H and O–H groups in total. The van der Waals surface area contributed by atoms with Gasteiger partial charge < -0.3 is 10.5 Å². The molecule has 7 heteroatoms. The van der Waals surface area contributed by atoms with Crippen molar-refractivity contribution in [2.75, 3.05) is 17.1 Å². The van der Waals surface area contributed by atoms with Crippen LogP contribution < -0.4 is 15.2 Å². The van der Waals surface area contributed by atoms with Crippen LogP contribution in [0.2, 0.25) is 0 Å². The first-order valence-corrected chi connectivity index (χ1v) is 7.72. The zero-order valence-corrected chi connectivity index (χ0v) is 12.2. The summed E-state index contributed by atoms with van der Waals surface area (Å²) in [5, 5.41) is 0. The SMILES string of the molecule is CCOc1ccc(N)cc1S(=O)(=O)Nc1ccccc1F. The van der Waals surface area contributed by atoms with Crippen LogP contribution >= 0.6 is 0 Å². The van der Waals surface area contributed by atoms with Gasteiger partial charge in [-0.25, -0.2) is 12.8 Å². The molecule has 0 atom stereocenters. The summed E-state index contributed by atoms with van der Waals surface area (Å²) in [6, 6.07) is 9.78. The lowest BCUT2D eigenvalue weighted by molar-refractivity contribution is 0.331. The Bertz CT molecular complexity index is 748. The summed E-state index contributed by atoms with van der Waals surface area (Å²) in [7, 11) is -4.01. The number of anilines is 2. The average molecular weight is 310 g/mol. The van der Waals surface area contributed by atoms with Crippen molar-refractivity contribution in [2.45, 2.75) is 11.8 Å². The maximum absolute atomic E-state index is 13.6. The molecular formula is C14H15FN2O3S. The molecule has 21 heavy (non-hydrogen) atoms. The van der Waals surface area contributed by atoms with Gasteiger partial charge >= 0.3 is 0 Å². The maximum atomic E-state index is 13.6. The Labute approximate surface area is 122 Å². The second-order valence-corrected chi connectivity index (χ2v) is 5.88. The molecule has 0 amide bonds. The van der Waals surface area contributed by atoms with E-state index in [9.17, 15) is 12.8 Å². The van der Waals surface area contributed by atoms with Gasteiger partial charge in [-0.2, -0.15) is 0 Å². The summed E-state index contributed by atoms with van der Waals surface area (Å²) in [5.41, 5.74) is 5.76. The number of sulfonamides is 1. The molecule has 0 bridgehead atoms. The van der Waals surface area contributed by atoms with Crippen molar-refractivity contribution in [3.63, 3.8) is 0 Å². The van der Waals surface area contributed by atoms with E-state index < -0.39 is 15.8 Å². The van der Waals surface area contributed by atoms with Gasteiger partial charge in [-0.15, -0.1) is 0 Å². The van der Waals surface area contributed by atoms with E-state index >= 15 is 0 Å². The van der Waals surface area contributed by atoms with Crippen LogP contribution in [0.1, 0.15) is 6.92 Å². The van der Waals surface area contributed by atoms with Crippen LogP contribution in [0.25, 0.3) is 0 Å². The Morgan fingerprint density at radius 2 is 1.95 bits per heavy atom. The summed E-state index contributed by atoms with van der Waals surface area (Å²) < 4.78 is 45.8. The third-order valence-corrected chi connectivity index (χ3v) is 4.06. The molecule has 2 aromatic carbocycles. The lowest BCUT2D eigenvalue weighted by atomic mass is 10.3. The highest BCUT2D eigenvalue weighted by Crippen LogP contribution is 2.28. The van der Waals surface area contributed by atoms with Crippen LogP contribution in [0.3, 0.4) is 0 Å². The molecule has 5 nitrogen and oxygen atoms in total. The van der Waals surface area contributed by atoms with E-state index in [2.05, 4.69) is 4.72 Å². The van der Waals surface area contributed by atoms with Gasteiger partial charge in [0.15, 0.2) is 0 Å². The van der Waals surface area contributed by atoms with Crippen molar-refractivity contribution in [1.82, 2.24) is 0 Å². The second kappa shape index (κ2) is 6.01. The molecule has 0 spiro atoms. The summed E-state index contributed by atoms with van der Waals surface area (Å²) in [6.45, 7) is 2.03. The maximum Gasteiger partial charge on any atom is 0.265 e. The molecule has 0 heterocycles. The smallest absolute Gasteiger partial charge is 0.265 e. The molecular weight excluding hydrogens is 295 g/mol. The number of hydrogen-bond acceptors (Lipinski definition) is 4. The largest absolute Gasteiger partial charge is 0.492 e. The highest BCUT2D eigenvalue weighted by molar-refractivity contribution is 7.92. The molecule has 2 rings (SSSR count). The lowest BCUT2D eigenvalue weighted by Crippen LogP contribution is -2.15. The van der Waals surface area contributed by atoms with Gasteiger partial charge in [0.2, 0.25) is 0 Å². The fourth-order valence-electron chi connectivity index (χ4n) is 1.75. The zero-order chi connectivity index (χ0) is 15.5. The fraction of sp³-hybridized carbons (Fsp3) is 0.143. The number of para-hydroxylation sites is 1. The number of nitrogens with two attached hydrogens (primary N) is 1. The standard InChI is InChI=1S/C14H15FN2O3S/c1-2-20-13-8-7-10(16)9-14(13)21(18,19)17-12-6-4-3-5-11(12)15/h3-9,17H,2,16H2,1H3. The topological polar surface area (TPSA) is 81.4 Å². The van der Waals surface area contributed by atoms with E-state index in [0.717, 1.165) is 0 Å². The first-order valence-electron chi connectivity index (χ1n) is 6.23. The Balaban J connectivity index is 2.44. The average Bonchev–Trinajstić information content (AvgIpc) is 2.43. The molecule has 2 aromatic rings. The molecule has 112 valence electrons. The van der Waals surface area contributed by atoms with Gasteiger partial charge in [0.25, 0.3) is 10.0 Å². The normalized spacial score (nSPS) is 11.1. The summed E-state index contributed by atoms with van der Waals surface area (Å²) in [5.74, 6) is -0.501. The van der Waals surface area contributed by atoms with Crippen LogP contribution in [-0.2, 0) is 10.0 Å². The Kier molecular flexibility index (Phi) is 4.32. The van der Waals surface area contributed by atoms with Crippen LogP contribution in [0, 0.1) is 5.82 Å². The van der Waals surface area contributed by atoms with E-state index in [4.69, 9.17) is 10.5 Å². The van der Waals surface area contributed by atoms with E-state index in [-0.39, 0.29) is 22.0 Å². The Hall–Kier alpha value is -2.28. The number of nitrogens with one attached hydrogen (secondary N) is 1. The second-order valence-electron chi connectivity index (χ2n) is 4.22. The molecule has 0 aromatic heterocycles. The molecule has 0 radical (unpaired) electrons. The number of hydrogen-bond donors (Lipinski definition) is 2. The number of nitrogen functional groups attached to an aromatic ring is 1. The van der Waals surface area contributed by atoms with Gasteiger partial charge in [0, 0.05) is 5.69 Å². The van der Waals surface area contributed by atoms with Crippen LogP contribution in [-0.4, -0.2) is 15.0 Å².